The minimum atomic E-state index is -0.729. The highest BCUT2D eigenvalue weighted by atomic mass is 32.1. The topological polar surface area (TPSA) is 69.6 Å². The number of rotatable bonds is 4. The molecule has 3 rings (SSSR count). The average Bonchev–Trinajstić information content (AvgIpc) is 2.63. The van der Waals surface area contributed by atoms with Crippen molar-refractivity contribution in [2.24, 2.45) is 0 Å². The molecule has 7 heteroatoms. The van der Waals surface area contributed by atoms with E-state index in [2.05, 4.69) is 11.9 Å². The van der Waals surface area contributed by atoms with Crippen LogP contribution >= 0.6 is 12.2 Å². The lowest BCUT2D eigenvalue weighted by Crippen LogP contribution is -2.54. The maximum atomic E-state index is 14.1. The highest BCUT2D eigenvalue weighted by molar-refractivity contribution is 7.80. The number of hydrogen-bond donors (Lipinski definition) is 2. The summed E-state index contributed by atoms with van der Waals surface area (Å²) in [6.07, 6.45) is 3.43. The number of nitrogens with zero attached hydrogens (tertiary/aromatic N) is 1. The van der Waals surface area contributed by atoms with Crippen LogP contribution in [0, 0.1) is 5.82 Å². The number of carbonyl (C=O) groups is 2. The Morgan fingerprint density at radius 2 is 1.96 bits per heavy atom. The van der Waals surface area contributed by atoms with Crippen LogP contribution in [0.5, 0.6) is 5.75 Å². The van der Waals surface area contributed by atoms with Crippen molar-refractivity contribution in [2.75, 3.05) is 4.90 Å². The number of benzene rings is 2. The van der Waals surface area contributed by atoms with Crippen LogP contribution in [0.1, 0.15) is 11.1 Å². The molecule has 1 aliphatic rings. The van der Waals surface area contributed by atoms with Crippen LogP contribution < -0.4 is 10.2 Å². The second-order valence-electron chi connectivity index (χ2n) is 5.79. The summed E-state index contributed by atoms with van der Waals surface area (Å²) in [5.41, 5.74) is 0.896. The van der Waals surface area contributed by atoms with Crippen molar-refractivity contribution in [1.29, 1.82) is 0 Å². The maximum absolute atomic E-state index is 14.1. The fourth-order valence-electron chi connectivity index (χ4n) is 2.69. The molecule has 1 heterocycles. The zero-order chi connectivity index (χ0) is 19.6. The van der Waals surface area contributed by atoms with Gasteiger partial charge in [0, 0.05) is 0 Å². The van der Waals surface area contributed by atoms with Crippen LogP contribution in [0.2, 0.25) is 0 Å². The van der Waals surface area contributed by atoms with Crippen LogP contribution in [0.25, 0.3) is 6.08 Å². The number of anilines is 1. The largest absolute Gasteiger partial charge is 0.508 e. The molecule has 1 fully saturated rings. The summed E-state index contributed by atoms with van der Waals surface area (Å²) in [5.74, 6) is -1.95. The zero-order valence-electron chi connectivity index (χ0n) is 14.1. The number of aromatic hydroxyl groups is 1. The van der Waals surface area contributed by atoms with E-state index < -0.39 is 17.6 Å². The molecule has 2 aromatic rings. The Kier molecular flexibility index (Phi) is 5.14. The highest BCUT2D eigenvalue weighted by Gasteiger charge is 2.35. The quantitative estimate of drug-likeness (QED) is 0.369. The Bertz CT molecular complexity index is 1000. The van der Waals surface area contributed by atoms with E-state index in [1.54, 1.807) is 24.3 Å². The smallest absolute Gasteiger partial charge is 0.270 e. The molecule has 2 aromatic carbocycles. The molecule has 1 aliphatic heterocycles. The van der Waals surface area contributed by atoms with Gasteiger partial charge >= 0.3 is 0 Å². The Labute approximate surface area is 160 Å². The molecule has 0 bridgehead atoms. The lowest BCUT2D eigenvalue weighted by atomic mass is 10.0. The van der Waals surface area contributed by atoms with Gasteiger partial charge < -0.3 is 5.11 Å². The SMILES string of the molecule is C=CCc1cc(/C=C2\C(=O)NC(=S)N(c3ccccc3F)C2=O)ccc1O. The minimum Gasteiger partial charge on any atom is -0.508 e. The van der Waals surface area contributed by atoms with Crippen LogP contribution in [0.4, 0.5) is 10.1 Å². The van der Waals surface area contributed by atoms with Crippen molar-refractivity contribution in [1.82, 2.24) is 5.32 Å². The molecule has 2 N–H and O–H groups in total. The first-order valence-corrected chi connectivity index (χ1v) is 8.42. The molecule has 0 aromatic heterocycles. The van der Waals surface area contributed by atoms with Gasteiger partial charge in [0.2, 0.25) is 0 Å². The van der Waals surface area contributed by atoms with Gasteiger partial charge in [-0.05, 0) is 60.1 Å². The lowest BCUT2D eigenvalue weighted by molar-refractivity contribution is -0.122. The van der Waals surface area contributed by atoms with E-state index in [4.69, 9.17) is 12.2 Å². The number of phenols is 1. The summed E-state index contributed by atoms with van der Waals surface area (Å²) >= 11 is 5.05. The summed E-state index contributed by atoms with van der Waals surface area (Å²) in [7, 11) is 0. The fraction of sp³-hybridized carbons (Fsp3) is 0.0500. The predicted octanol–water partition coefficient (Wildman–Crippen LogP) is 3.09. The summed E-state index contributed by atoms with van der Waals surface area (Å²) in [5, 5.41) is 12.1. The Morgan fingerprint density at radius 3 is 2.67 bits per heavy atom. The van der Waals surface area contributed by atoms with E-state index >= 15 is 0 Å². The van der Waals surface area contributed by atoms with E-state index in [-0.39, 0.29) is 22.1 Å². The van der Waals surface area contributed by atoms with Gasteiger partial charge in [-0.3, -0.25) is 14.9 Å². The number of hydrogen-bond acceptors (Lipinski definition) is 4. The van der Waals surface area contributed by atoms with Crippen LogP contribution in [-0.2, 0) is 16.0 Å². The van der Waals surface area contributed by atoms with Crippen molar-refractivity contribution < 1.29 is 19.1 Å². The van der Waals surface area contributed by atoms with Crippen molar-refractivity contribution in [2.45, 2.75) is 6.42 Å². The van der Waals surface area contributed by atoms with Gasteiger partial charge in [-0.15, -0.1) is 6.58 Å². The number of phenolic OH excluding ortho intramolecular Hbond substituents is 1. The van der Waals surface area contributed by atoms with Crippen LogP contribution in [-0.4, -0.2) is 22.0 Å². The number of thiocarbonyl (C=S) groups is 1. The summed E-state index contributed by atoms with van der Waals surface area (Å²) in [6, 6.07) is 10.3. The third-order valence-corrected chi connectivity index (χ3v) is 4.26. The summed E-state index contributed by atoms with van der Waals surface area (Å²) in [4.78, 5) is 26.1. The molecule has 0 atom stereocenters. The van der Waals surface area contributed by atoms with E-state index in [1.165, 1.54) is 30.3 Å². The molecule has 0 spiro atoms. The molecular weight excluding hydrogens is 367 g/mol. The lowest BCUT2D eigenvalue weighted by Gasteiger charge is -2.29. The predicted molar refractivity (Wildman–Crippen MR) is 105 cm³/mol. The summed E-state index contributed by atoms with van der Waals surface area (Å²) in [6.45, 7) is 3.63. The first kappa shape index (κ1) is 18.5. The first-order chi connectivity index (χ1) is 12.9. The monoisotopic (exact) mass is 382 g/mol. The molecule has 27 heavy (non-hydrogen) atoms. The standard InChI is InChI=1S/C20H15FN2O3S/c1-2-5-13-10-12(8-9-17(13)24)11-14-18(25)22-20(27)23(19(14)26)16-7-4-3-6-15(16)21/h2-4,6-11,24H,1,5H2,(H,22,25,27)/b14-11+. The Morgan fingerprint density at radius 1 is 1.22 bits per heavy atom. The fourth-order valence-corrected chi connectivity index (χ4v) is 2.96. The minimum absolute atomic E-state index is 0.0450. The van der Waals surface area contributed by atoms with Gasteiger partial charge in [-0.25, -0.2) is 9.29 Å². The summed E-state index contributed by atoms with van der Waals surface area (Å²) < 4.78 is 14.1. The van der Waals surface area contributed by atoms with E-state index in [9.17, 15) is 19.1 Å². The second kappa shape index (κ2) is 7.51. The number of allylic oxidation sites excluding steroid dienone is 1. The van der Waals surface area contributed by atoms with Crippen molar-refractivity contribution in [3.8, 4) is 5.75 Å². The third-order valence-electron chi connectivity index (χ3n) is 3.97. The molecule has 0 saturated carbocycles. The number of amides is 2. The number of carbonyl (C=O) groups excluding carboxylic acids is 2. The van der Waals surface area contributed by atoms with E-state index in [0.29, 0.717) is 17.5 Å². The van der Waals surface area contributed by atoms with Gasteiger partial charge in [-0.1, -0.05) is 24.3 Å². The number of nitrogens with one attached hydrogen (secondary N) is 1. The molecule has 5 nitrogen and oxygen atoms in total. The van der Waals surface area contributed by atoms with Gasteiger partial charge in [0.15, 0.2) is 5.11 Å². The third kappa shape index (κ3) is 3.63. The molecule has 0 unspecified atom stereocenters. The normalized spacial score (nSPS) is 15.8. The first-order valence-electron chi connectivity index (χ1n) is 8.01. The Hall–Kier alpha value is -3.32. The molecular formula is C20H15FN2O3S. The van der Waals surface area contributed by atoms with E-state index in [0.717, 1.165) is 4.90 Å². The molecule has 1 saturated heterocycles. The van der Waals surface area contributed by atoms with Crippen LogP contribution in [0.15, 0.2) is 60.7 Å². The molecule has 0 radical (unpaired) electrons. The average molecular weight is 382 g/mol. The molecule has 2 amide bonds. The van der Waals surface area contributed by atoms with Crippen molar-refractivity contribution in [3.63, 3.8) is 0 Å². The van der Waals surface area contributed by atoms with Gasteiger partial charge in [0.05, 0.1) is 5.69 Å². The highest BCUT2D eigenvalue weighted by Crippen LogP contribution is 2.26. The van der Waals surface area contributed by atoms with Crippen molar-refractivity contribution >= 4 is 40.9 Å². The van der Waals surface area contributed by atoms with Gasteiger partial charge in [0.25, 0.3) is 11.8 Å². The van der Waals surface area contributed by atoms with Gasteiger partial charge in [-0.2, -0.15) is 0 Å². The number of halogens is 1. The number of para-hydroxylation sites is 1. The Balaban J connectivity index is 2.03. The zero-order valence-corrected chi connectivity index (χ0v) is 14.9. The van der Waals surface area contributed by atoms with Crippen molar-refractivity contribution in [3.05, 3.63) is 77.6 Å². The van der Waals surface area contributed by atoms with Gasteiger partial charge in [0.1, 0.15) is 17.1 Å². The molecule has 136 valence electrons. The second-order valence-corrected chi connectivity index (χ2v) is 6.18. The maximum Gasteiger partial charge on any atom is 0.270 e. The van der Waals surface area contributed by atoms with E-state index in [1.807, 2.05) is 0 Å². The molecule has 0 aliphatic carbocycles. The van der Waals surface area contributed by atoms with Crippen LogP contribution in [0.3, 0.4) is 0 Å².